The van der Waals surface area contributed by atoms with Gasteiger partial charge in [0.25, 0.3) is 15.9 Å². The Morgan fingerprint density at radius 2 is 1.62 bits per heavy atom. The second-order valence-electron chi connectivity index (χ2n) is 7.93. The minimum absolute atomic E-state index is 0.311. The largest absolute Gasteiger partial charge is 0.321 e. The smallest absolute Gasteiger partial charge is 0.270 e. The number of carbonyl (C=O) groups is 1. The molecule has 0 bridgehead atoms. The highest BCUT2D eigenvalue weighted by atomic mass is 35.5. The molecule has 1 aliphatic rings. The quantitative estimate of drug-likeness (QED) is 0.541. The molecular formula is C25H23ClN2O3S. The number of nitrogens with zero attached hydrogens (tertiary/aromatic N) is 1. The van der Waals surface area contributed by atoms with Gasteiger partial charge >= 0.3 is 0 Å². The monoisotopic (exact) mass is 466 g/mol. The van der Waals surface area contributed by atoms with Crippen molar-refractivity contribution in [2.45, 2.75) is 19.8 Å². The zero-order chi connectivity index (χ0) is 23.0. The number of fused-ring (bicyclic) bond motifs is 1. The Labute approximate surface area is 193 Å². The minimum atomic E-state index is -4.11. The molecule has 1 amide bonds. The maximum Gasteiger partial charge on any atom is 0.270 e. The normalized spacial score (nSPS) is 15.0. The molecule has 0 atom stereocenters. The van der Waals surface area contributed by atoms with Gasteiger partial charge in [-0.25, -0.2) is 8.42 Å². The molecule has 0 aliphatic carbocycles. The topological polar surface area (TPSA) is 66.5 Å². The van der Waals surface area contributed by atoms with Crippen molar-refractivity contribution in [3.05, 3.63) is 99.4 Å². The third kappa shape index (κ3) is 3.92. The second-order valence-corrected chi connectivity index (χ2v) is 10.3. The highest BCUT2D eigenvalue weighted by Crippen LogP contribution is 2.43. The van der Waals surface area contributed by atoms with Crippen LogP contribution in [-0.2, 0) is 14.8 Å². The van der Waals surface area contributed by atoms with Crippen LogP contribution in [0, 0.1) is 0 Å². The van der Waals surface area contributed by atoms with Gasteiger partial charge in [0.15, 0.2) is 4.91 Å². The summed E-state index contributed by atoms with van der Waals surface area (Å²) >= 11 is 6.25. The van der Waals surface area contributed by atoms with Gasteiger partial charge in [-0.15, -0.1) is 0 Å². The molecule has 1 aliphatic heterocycles. The zero-order valence-electron chi connectivity index (χ0n) is 18.0. The first-order chi connectivity index (χ1) is 15.2. The van der Waals surface area contributed by atoms with Gasteiger partial charge in [0, 0.05) is 28.9 Å². The Kier molecular flexibility index (Phi) is 5.84. The molecular weight excluding hydrogens is 444 g/mol. The highest BCUT2D eigenvalue weighted by Gasteiger charge is 2.39. The average molecular weight is 467 g/mol. The van der Waals surface area contributed by atoms with Gasteiger partial charge in [-0.2, -0.15) is 0 Å². The molecule has 3 aromatic rings. The summed E-state index contributed by atoms with van der Waals surface area (Å²) in [6, 6.07) is 21.4. The van der Waals surface area contributed by atoms with Crippen LogP contribution in [0.4, 0.5) is 11.4 Å². The molecule has 0 radical (unpaired) electrons. The molecule has 4 rings (SSSR count). The number of nitrogens with one attached hydrogen (secondary N) is 1. The van der Waals surface area contributed by atoms with E-state index in [0.29, 0.717) is 39.0 Å². The Hall–Kier alpha value is -3.09. The number of anilines is 2. The second kappa shape index (κ2) is 8.45. The van der Waals surface area contributed by atoms with Crippen LogP contribution in [0.1, 0.15) is 36.5 Å². The SMILES string of the molecule is CC(C)c1ccc(NC(=O)C2=C(c3ccccc3)c3cc(Cl)ccc3N(C)S2(=O)=O)cc1. The number of hydrogen-bond donors (Lipinski definition) is 1. The number of hydrogen-bond acceptors (Lipinski definition) is 3. The van der Waals surface area contributed by atoms with E-state index < -0.39 is 15.9 Å². The Morgan fingerprint density at radius 1 is 0.969 bits per heavy atom. The lowest BCUT2D eigenvalue weighted by Crippen LogP contribution is -2.37. The molecule has 1 heterocycles. The van der Waals surface area contributed by atoms with E-state index >= 15 is 0 Å². The molecule has 32 heavy (non-hydrogen) atoms. The van der Waals surface area contributed by atoms with Crippen molar-refractivity contribution in [3.63, 3.8) is 0 Å². The van der Waals surface area contributed by atoms with Crippen molar-refractivity contribution >= 4 is 44.5 Å². The van der Waals surface area contributed by atoms with Crippen molar-refractivity contribution in [2.24, 2.45) is 0 Å². The fourth-order valence-electron chi connectivity index (χ4n) is 3.76. The maximum atomic E-state index is 13.5. The van der Waals surface area contributed by atoms with Crippen molar-refractivity contribution in [1.82, 2.24) is 0 Å². The summed E-state index contributed by atoms with van der Waals surface area (Å²) < 4.78 is 28.1. The number of sulfonamides is 1. The first-order valence-electron chi connectivity index (χ1n) is 10.2. The Morgan fingerprint density at radius 3 is 2.25 bits per heavy atom. The Balaban J connectivity index is 1.91. The van der Waals surface area contributed by atoms with Crippen molar-refractivity contribution in [2.75, 3.05) is 16.7 Å². The number of halogens is 1. The molecule has 7 heteroatoms. The predicted molar refractivity (Wildman–Crippen MR) is 130 cm³/mol. The third-order valence-electron chi connectivity index (χ3n) is 5.52. The van der Waals surface area contributed by atoms with E-state index in [2.05, 4.69) is 19.2 Å². The summed E-state index contributed by atoms with van der Waals surface area (Å²) in [5.41, 5.74) is 3.65. The molecule has 3 aromatic carbocycles. The summed E-state index contributed by atoms with van der Waals surface area (Å²) in [5.74, 6) is -0.348. The first kappa shape index (κ1) is 22.1. The fraction of sp³-hybridized carbons (Fsp3) is 0.160. The molecule has 164 valence electrons. The molecule has 0 fully saturated rings. The lowest BCUT2D eigenvalue weighted by atomic mass is 9.95. The van der Waals surface area contributed by atoms with Gasteiger partial charge in [-0.05, 0) is 47.4 Å². The first-order valence-corrected chi connectivity index (χ1v) is 12.0. The van der Waals surface area contributed by atoms with E-state index in [0.717, 1.165) is 9.87 Å². The number of rotatable bonds is 4. The molecule has 1 N–H and O–H groups in total. The molecule has 5 nitrogen and oxygen atoms in total. The van der Waals surface area contributed by atoms with Crippen molar-refractivity contribution in [3.8, 4) is 0 Å². The lowest BCUT2D eigenvalue weighted by Gasteiger charge is -2.31. The van der Waals surface area contributed by atoms with Crippen LogP contribution in [0.2, 0.25) is 5.02 Å². The van der Waals surface area contributed by atoms with E-state index in [1.54, 1.807) is 54.6 Å². The molecule has 0 saturated carbocycles. The summed E-state index contributed by atoms with van der Waals surface area (Å²) in [5, 5.41) is 3.22. The lowest BCUT2D eigenvalue weighted by molar-refractivity contribution is -0.112. The average Bonchev–Trinajstić information content (AvgIpc) is 2.77. The van der Waals surface area contributed by atoms with E-state index in [9.17, 15) is 13.2 Å². The summed E-state index contributed by atoms with van der Waals surface area (Å²) in [6.45, 7) is 4.16. The Bertz CT molecular complexity index is 1320. The van der Waals surface area contributed by atoms with Crippen LogP contribution in [0.5, 0.6) is 0 Å². The summed E-state index contributed by atoms with van der Waals surface area (Å²) in [7, 11) is -2.67. The van der Waals surface area contributed by atoms with Crippen LogP contribution in [-0.4, -0.2) is 21.4 Å². The van der Waals surface area contributed by atoms with Crippen LogP contribution < -0.4 is 9.62 Å². The van der Waals surface area contributed by atoms with Crippen molar-refractivity contribution in [1.29, 1.82) is 0 Å². The fourth-order valence-corrected chi connectivity index (χ4v) is 5.40. The minimum Gasteiger partial charge on any atom is -0.321 e. The van der Waals surface area contributed by atoms with Crippen LogP contribution in [0.25, 0.3) is 5.57 Å². The molecule has 0 spiro atoms. The summed E-state index contributed by atoms with van der Waals surface area (Å²) in [6.07, 6.45) is 0. The number of amides is 1. The van der Waals surface area contributed by atoms with E-state index in [1.165, 1.54) is 7.05 Å². The van der Waals surface area contributed by atoms with Crippen LogP contribution in [0.3, 0.4) is 0 Å². The number of carbonyl (C=O) groups excluding carboxylic acids is 1. The van der Waals surface area contributed by atoms with Gasteiger partial charge in [0.1, 0.15) is 0 Å². The molecule has 0 saturated heterocycles. The van der Waals surface area contributed by atoms with E-state index in [1.807, 2.05) is 18.2 Å². The van der Waals surface area contributed by atoms with E-state index in [-0.39, 0.29) is 4.91 Å². The van der Waals surface area contributed by atoms with Crippen LogP contribution >= 0.6 is 11.6 Å². The standard InChI is InChI=1S/C25H23ClN2O3S/c1-16(2)17-9-12-20(13-10-17)27-25(29)24-23(18-7-5-4-6-8-18)21-15-19(26)11-14-22(21)28(3)32(24,30)31/h4-16H,1-3H3,(H,27,29). The highest BCUT2D eigenvalue weighted by molar-refractivity contribution is 7.97. The van der Waals surface area contributed by atoms with Gasteiger partial charge in [0.05, 0.1) is 5.69 Å². The number of benzene rings is 3. The van der Waals surface area contributed by atoms with Crippen LogP contribution in [0.15, 0.2) is 77.7 Å². The van der Waals surface area contributed by atoms with Gasteiger partial charge < -0.3 is 5.32 Å². The van der Waals surface area contributed by atoms with Gasteiger partial charge in [-0.1, -0.05) is 67.9 Å². The summed E-state index contributed by atoms with van der Waals surface area (Å²) in [4.78, 5) is 13.1. The third-order valence-corrected chi connectivity index (χ3v) is 7.57. The molecule has 0 unspecified atom stereocenters. The predicted octanol–water partition coefficient (Wildman–Crippen LogP) is 5.64. The molecule has 0 aromatic heterocycles. The van der Waals surface area contributed by atoms with E-state index in [4.69, 9.17) is 11.6 Å². The zero-order valence-corrected chi connectivity index (χ0v) is 19.5. The van der Waals surface area contributed by atoms with Gasteiger partial charge in [0.2, 0.25) is 0 Å². The van der Waals surface area contributed by atoms with Gasteiger partial charge in [-0.3, -0.25) is 9.10 Å². The maximum absolute atomic E-state index is 13.5. The van der Waals surface area contributed by atoms with Crippen molar-refractivity contribution < 1.29 is 13.2 Å².